The molecule has 120 valence electrons. The van der Waals surface area contributed by atoms with Gasteiger partial charge >= 0.3 is 0 Å². The minimum atomic E-state index is 0.283. The maximum absolute atomic E-state index is 12.6. The summed E-state index contributed by atoms with van der Waals surface area (Å²) >= 11 is 0. The molecule has 0 N–H and O–H groups in total. The van der Waals surface area contributed by atoms with Crippen LogP contribution in [-0.4, -0.2) is 30.2 Å². The summed E-state index contributed by atoms with van der Waals surface area (Å²) in [4.78, 5) is 14.7. The molecule has 22 heavy (non-hydrogen) atoms. The van der Waals surface area contributed by atoms with Crippen LogP contribution in [0.3, 0.4) is 0 Å². The highest BCUT2D eigenvalue weighted by molar-refractivity contribution is 5.77. The molecule has 0 bridgehead atoms. The van der Waals surface area contributed by atoms with E-state index < -0.39 is 0 Å². The number of para-hydroxylation sites is 1. The van der Waals surface area contributed by atoms with Crippen molar-refractivity contribution in [2.24, 2.45) is 0 Å². The van der Waals surface area contributed by atoms with Crippen molar-refractivity contribution in [1.29, 1.82) is 0 Å². The van der Waals surface area contributed by atoms with Crippen LogP contribution in [0.2, 0.25) is 0 Å². The van der Waals surface area contributed by atoms with Gasteiger partial charge in [0.15, 0.2) is 11.5 Å². The fraction of sp³-hybridized carbons (Fsp3) is 0.611. The Hall–Kier alpha value is -1.71. The Morgan fingerprint density at radius 2 is 2.23 bits per heavy atom. The highest BCUT2D eigenvalue weighted by atomic mass is 16.7. The molecule has 1 aromatic carbocycles. The topological polar surface area (TPSA) is 38.8 Å². The van der Waals surface area contributed by atoms with Crippen LogP contribution < -0.4 is 9.47 Å². The van der Waals surface area contributed by atoms with E-state index in [1.54, 1.807) is 0 Å². The average Bonchev–Trinajstić information content (AvgIpc) is 3.02. The second kappa shape index (κ2) is 7.03. The molecule has 1 saturated heterocycles. The molecule has 2 aliphatic rings. The maximum atomic E-state index is 12.6. The molecule has 0 saturated carbocycles. The van der Waals surface area contributed by atoms with Crippen molar-refractivity contribution in [2.75, 3.05) is 13.3 Å². The Bertz CT molecular complexity index is 527. The number of benzene rings is 1. The zero-order chi connectivity index (χ0) is 15.4. The number of likely N-dealkylation sites (tertiary alicyclic amines) is 1. The van der Waals surface area contributed by atoms with Gasteiger partial charge in [0, 0.05) is 19.0 Å². The number of carbonyl (C=O) groups excluding carboxylic acids is 1. The first kappa shape index (κ1) is 15.2. The van der Waals surface area contributed by atoms with Crippen LogP contribution in [-0.2, 0) is 11.2 Å². The number of carbonyl (C=O) groups is 1. The summed E-state index contributed by atoms with van der Waals surface area (Å²) in [5.41, 5.74) is 1.08. The van der Waals surface area contributed by atoms with Crippen LogP contribution in [0.5, 0.6) is 11.5 Å². The lowest BCUT2D eigenvalue weighted by atomic mass is 9.97. The number of rotatable bonds is 5. The SMILES string of the molecule is CCCC1CCCCN1C(=O)CCc1cccc2c1OCO2. The van der Waals surface area contributed by atoms with Crippen LogP contribution in [0, 0.1) is 0 Å². The quantitative estimate of drug-likeness (QED) is 0.835. The van der Waals surface area contributed by atoms with E-state index >= 15 is 0 Å². The number of fused-ring (bicyclic) bond motifs is 1. The zero-order valence-electron chi connectivity index (χ0n) is 13.3. The van der Waals surface area contributed by atoms with Gasteiger partial charge in [0.1, 0.15) is 0 Å². The van der Waals surface area contributed by atoms with Gasteiger partial charge in [0.2, 0.25) is 12.7 Å². The van der Waals surface area contributed by atoms with E-state index in [0.717, 1.165) is 55.7 Å². The van der Waals surface area contributed by atoms with Crippen molar-refractivity contribution in [3.63, 3.8) is 0 Å². The predicted octanol–water partition coefficient (Wildman–Crippen LogP) is 3.53. The number of hydrogen-bond donors (Lipinski definition) is 0. The number of aryl methyl sites for hydroxylation is 1. The van der Waals surface area contributed by atoms with Crippen LogP contribution in [0.1, 0.15) is 51.0 Å². The molecule has 1 amide bonds. The van der Waals surface area contributed by atoms with E-state index in [2.05, 4.69) is 11.8 Å². The second-order valence-corrected chi connectivity index (χ2v) is 6.18. The standard InChI is InChI=1S/C18H25NO3/c1-2-6-15-8-3-4-12-19(15)17(20)11-10-14-7-5-9-16-18(14)22-13-21-16/h5,7,9,15H,2-4,6,8,10-13H2,1H3. The Kier molecular flexibility index (Phi) is 4.86. The van der Waals surface area contributed by atoms with Gasteiger partial charge in [-0.1, -0.05) is 25.5 Å². The molecule has 1 unspecified atom stereocenters. The number of ether oxygens (including phenoxy) is 2. The lowest BCUT2D eigenvalue weighted by Crippen LogP contribution is -2.43. The van der Waals surface area contributed by atoms with Gasteiger partial charge in [0.05, 0.1) is 0 Å². The maximum Gasteiger partial charge on any atom is 0.231 e. The van der Waals surface area contributed by atoms with Crippen LogP contribution in [0.4, 0.5) is 0 Å². The summed E-state index contributed by atoms with van der Waals surface area (Å²) in [7, 11) is 0. The molecule has 4 heteroatoms. The first-order valence-electron chi connectivity index (χ1n) is 8.46. The fourth-order valence-corrected chi connectivity index (χ4v) is 3.53. The van der Waals surface area contributed by atoms with Gasteiger partial charge in [-0.05, 0) is 43.7 Å². The van der Waals surface area contributed by atoms with E-state index in [1.165, 1.54) is 6.42 Å². The highest BCUT2D eigenvalue weighted by Crippen LogP contribution is 2.36. The second-order valence-electron chi connectivity index (χ2n) is 6.18. The number of hydrogen-bond acceptors (Lipinski definition) is 3. The molecular formula is C18H25NO3. The first-order valence-corrected chi connectivity index (χ1v) is 8.46. The van der Waals surface area contributed by atoms with Gasteiger partial charge in [0.25, 0.3) is 0 Å². The number of piperidine rings is 1. The summed E-state index contributed by atoms with van der Waals surface area (Å²) in [6.45, 7) is 3.41. The molecule has 0 spiro atoms. The van der Waals surface area contributed by atoms with Gasteiger partial charge in [-0.25, -0.2) is 0 Å². The summed E-state index contributed by atoms with van der Waals surface area (Å²) in [5.74, 6) is 1.90. The molecule has 1 aromatic rings. The normalized spacial score (nSPS) is 20.2. The van der Waals surface area contributed by atoms with Crippen molar-refractivity contribution in [3.8, 4) is 11.5 Å². The van der Waals surface area contributed by atoms with Crippen molar-refractivity contribution >= 4 is 5.91 Å². The van der Waals surface area contributed by atoms with Gasteiger partial charge in [-0.15, -0.1) is 0 Å². The molecule has 1 atom stereocenters. The molecule has 2 aliphatic heterocycles. The smallest absolute Gasteiger partial charge is 0.231 e. The predicted molar refractivity (Wildman–Crippen MR) is 85.1 cm³/mol. The van der Waals surface area contributed by atoms with E-state index in [4.69, 9.17) is 9.47 Å². The van der Waals surface area contributed by atoms with Crippen LogP contribution in [0.15, 0.2) is 18.2 Å². The summed E-state index contributed by atoms with van der Waals surface area (Å²) in [6.07, 6.45) is 7.11. The molecule has 0 aromatic heterocycles. The summed E-state index contributed by atoms with van der Waals surface area (Å²) in [6, 6.07) is 6.36. The minimum absolute atomic E-state index is 0.283. The highest BCUT2D eigenvalue weighted by Gasteiger charge is 2.26. The third-order valence-corrected chi connectivity index (χ3v) is 4.66. The number of amides is 1. The van der Waals surface area contributed by atoms with Crippen molar-refractivity contribution < 1.29 is 14.3 Å². The van der Waals surface area contributed by atoms with Crippen molar-refractivity contribution in [2.45, 2.75) is 57.9 Å². The third kappa shape index (κ3) is 3.21. The molecule has 4 nitrogen and oxygen atoms in total. The lowest BCUT2D eigenvalue weighted by molar-refractivity contribution is -0.135. The largest absolute Gasteiger partial charge is 0.454 e. The molecule has 0 aliphatic carbocycles. The molecule has 0 radical (unpaired) electrons. The van der Waals surface area contributed by atoms with E-state index in [0.29, 0.717) is 12.5 Å². The lowest BCUT2D eigenvalue weighted by Gasteiger charge is -2.36. The Morgan fingerprint density at radius 1 is 1.32 bits per heavy atom. The number of nitrogens with zero attached hydrogens (tertiary/aromatic N) is 1. The third-order valence-electron chi connectivity index (χ3n) is 4.66. The molecular weight excluding hydrogens is 278 g/mol. The first-order chi connectivity index (χ1) is 10.8. The zero-order valence-corrected chi connectivity index (χ0v) is 13.3. The molecule has 2 heterocycles. The van der Waals surface area contributed by atoms with E-state index in [1.807, 2.05) is 18.2 Å². The summed E-state index contributed by atoms with van der Waals surface area (Å²) in [5, 5.41) is 0. The van der Waals surface area contributed by atoms with E-state index in [-0.39, 0.29) is 12.7 Å². The van der Waals surface area contributed by atoms with E-state index in [9.17, 15) is 4.79 Å². The summed E-state index contributed by atoms with van der Waals surface area (Å²) < 4.78 is 10.9. The average molecular weight is 303 g/mol. The molecule has 3 rings (SSSR count). The van der Waals surface area contributed by atoms with Crippen molar-refractivity contribution in [3.05, 3.63) is 23.8 Å². The van der Waals surface area contributed by atoms with Crippen LogP contribution in [0.25, 0.3) is 0 Å². The Labute approximate surface area is 132 Å². The fourth-order valence-electron chi connectivity index (χ4n) is 3.53. The van der Waals surface area contributed by atoms with Gasteiger partial charge in [-0.2, -0.15) is 0 Å². The van der Waals surface area contributed by atoms with Gasteiger partial charge in [-0.3, -0.25) is 4.79 Å². The Morgan fingerprint density at radius 3 is 3.09 bits per heavy atom. The van der Waals surface area contributed by atoms with Crippen molar-refractivity contribution in [1.82, 2.24) is 4.90 Å². The monoisotopic (exact) mass is 303 g/mol. The molecule has 1 fully saturated rings. The van der Waals surface area contributed by atoms with Crippen LogP contribution >= 0.6 is 0 Å². The minimum Gasteiger partial charge on any atom is -0.454 e. The van der Waals surface area contributed by atoms with Gasteiger partial charge < -0.3 is 14.4 Å². The Balaban J connectivity index is 1.61.